The van der Waals surface area contributed by atoms with E-state index in [-0.39, 0.29) is 25.5 Å². The van der Waals surface area contributed by atoms with Crippen LogP contribution >= 0.6 is 0 Å². The predicted molar refractivity (Wildman–Crippen MR) is 133 cm³/mol. The fourth-order valence-corrected chi connectivity index (χ4v) is 4.14. The van der Waals surface area contributed by atoms with Gasteiger partial charge in [0.05, 0.1) is 0 Å². The van der Waals surface area contributed by atoms with Gasteiger partial charge in [-0.3, -0.25) is 14.5 Å². The van der Waals surface area contributed by atoms with E-state index in [4.69, 9.17) is 4.74 Å². The quantitative estimate of drug-likeness (QED) is 0.144. The molecule has 3 amide bonds. The maximum atomic E-state index is 13.8. The molecular formula is C27H28F5N3O6. The lowest BCUT2D eigenvalue weighted by molar-refractivity contribution is -0.137. The number of benzene rings is 2. The van der Waals surface area contributed by atoms with Gasteiger partial charge in [-0.05, 0) is 30.7 Å². The summed E-state index contributed by atoms with van der Waals surface area (Å²) in [6.45, 7) is 2.77. The highest BCUT2D eigenvalue weighted by Gasteiger charge is 2.37. The first-order valence-corrected chi connectivity index (χ1v) is 12.7. The lowest BCUT2D eigenvalue weighted by Crippen LogP contribution is -2.54. The number of amides is 3. The van der Waals surface area contributed by atoms with Gasteiger partial charge in [-0.2, -0.15) is 8.78 Å². The van der Waals surface area contributed by atoms with Crippen LogP contribution in [0.5, 0.6) is 5.75 Å². The van der Waals surface area contributed by atoms with Crippen molar-refractivity contribution in [2.75, 3.05) is 13.1 Å². The number of rotatable bonds is 10. The van der Waals surface area contributed by atoms with E-state index >= 15 is 0 Å². The molecule has 9 nitrogen and oxygen atoms in total. The van der Waals surface area contributed by atoms with Gasteiger partial charge in [0.2, 0.25) is 46.6 Å². The molecule has 2 aromatic rings. The molecule has 2 aromatic carbocycles. The molecule has 3 rings (SSSR count). The van der Waals surface area contributed by atoms with E-state index in [0.29, 0.717) is 12.8 Å². The third kappa shape index (κ3) is 7.92. The molecule has 0 unspecified atom stereocenters. The summed E-state index contributed by atoms with van der Waals surface area (Å²) >= 11 is 0. The van der Waals surface area contributed by atoms with Crippen molar-refractivity contribution in [3.05, 3.63) is 65.0 Å². The lowest BCUT2D eigenvalue weighted by Gasteiger charge is -2.26. The van der Waals surface area contributed by atoms with Crippen LogP contribution < -0.4 is 15.4 Å². The molecule has 2 N–H and O–H groups in total. The number of carbonyl (C=O) groups is 4. The Morgan fingerprint density at radius 3 is 2.17 bits per heavy atom. The SMILES string of the molecule is CC(C)C[C@H](NC(=O)[C@@H]1CCCN1C(=O)OCc1ccccc1)C(=O)NCC(=O)Oc1c(F)c(F)c(F)c(F)c1F. The highest BCUT2D eigenvalue weighted by molar-refractivity contribution is 5.92. The molecule has 0 aliphatic carbocycles. The van der Waals surface area contributed by atoms with Crippen LogP contribution in [0, 0.1) is 35.0 Å². The first-order chi connectivity index (χ1) is 19.4. The monoisotopic (exact) mass is 585 g/mol. The third-order valence-electron chi connectivity index (χ3n) is 6.13. The van der Waals surface area contributed by atoms with Crippen molar-refractivity contribution in [2.24, 2.45) is 5.92 Å². The van der Waals surface area contributed by atoms with Crippen molar-refractivity contribution < 1.29 is 50.6 Å². The summed E-state index contributed by atoms with van der Waals surface area (Å²) in [5, 5.41) is 4.66. The molecule has 0 saturated carbocycles. The van der Waals surface area contributed by atoms with Gasteiger partial charge in [0.15, 0.2) is 0 Å². The average Bonchev–Trinajstić information content (AvgIpc) is 3.45. The van der Waals surface area contributed by atoms with Gasteiger partial charge < -0.3 is 20.1 Å². The predicted octanol–water partition coefficient (Wildman–Crippen LogP) is 3.74. The van der Waals surface area contributed by atoms with Gasteiger partial charge in [-0.25, -0.2) is 22.8 Å². The molecule has 1 aliphatic rings. The fraction of sp³-hybridized carbons (Fsp3) is 0.407. The number of likely N-dealkylation sites (tertiary alicyclic amines) is 1. The number of carbonyl (C=O) groups excluding carboxylic acids is 4. The van der Waals surface area contributed by atoms with Crippen molar-refractivity contribution in [3.63, 3.8) is 0 Å². The highest BCUT2D eigenvalue weighted by atomic mass is 19.2. The van der Waals surface area contributed by atoms with Gasteiger partial charge in [0.1, 0.15) is 25.2 Å². The minimum absolute atomic E-state index is 0.00396. The van der Waals surface area contributed by atoms with Crippen LogP contribution in [0.3, 0.4) is 0 Å². The van der Waals surface area contributed by atoms with E-state index in [9.17, 15) is 41.1 Å². The van der Waals surface area contributed by atoms with Crippen molar-refractivity contribution >= 4 is 23.9 Å². The Bertz CT molecular complexity index is 1260. The number of hydrogen-bond donors (Lipinski definition) is 2. The first-order valence-electron chi connectivity index (χ1n) is 12.7. The molecule has 0 bridgehead atoms. The van der Waals surface area contributed by atoms with Crippen LogP contribution in [-0.4, -0.2) is 54.0 Å². The molecule has 222 valence electrons. The molecule has 14 heteroatoms. The number of halogens is 5. The van der Waals surface area contributed by atoms with E-state index in [1.54, 1.807) is 38.1 Å². The molecular weight excluding hydrogens is 557 g/mol. The van der Waals surface area contributed by atoms with E-state index in [0.717, 1.165) is 5.56 Å². The van der Waals surface area contributed by atoms with E-state index in [1.807, 2.05) is 6.07 Å². The van der Waals surface area contributed by atoms with Gasteiger partial charge in [-0.1, -0.05) is 44.2 Å². The van der Waals surface area contributed by atoms with E-state index < -0.39 is 77.3 Å². The molecule has 1 heterocycles. The molecule has 1 saturated heterocycles. The summed E-state index contributed by atoms with van der Waals surface area (Å²) in [6.07, 6.45) is 0.238. The normalized spacial score (nSPS) is 15.4. The maximum absolute atomic E-state index is 13.8. The Kier molecular flexibility index (Phi) is 10.6. The number of hydrogen-bond acceptors (Lipinski definition) is 6. The van der Waals surface area contributed by atoms with Crippen LogP contribution in [0.25, 0.3) is 0 Å². The Balaban J connectivity index is 1.60. The minimum atomic E-state index is -2.43. The van der Waals surface area contributed by atoms with Crippen LogP contribution in [0.4, 0.5) is 26.7 Å². The molecule has 41 heavy (non-hydrogen) atoms. The van der Waals surface area contributed by atoms with Gasteiger partial charge in [0, 0.05) is 6.54 Å². The summed E-state index contributed by atoms with van der Waals surface area (Å²) in [4.78, 5) is 51.8. The summed E-state index contributed by atoms with van der Waals surface area (Å²) in [6, 6.07) is 6.83. The standard InChI is InChI=1S/C27H28F5N3O6/c1-14(2)11-16(25(37)33-12-18(36)41-24-22(31)20(29)19(28)21(30)23(24)32)34-26(38)17-9-6-10-35(17)27(39)40-13-15-7-4-3-5-8-15/h3-5,7-8,14,16-17H,6,9-13H2,1-2H3,(H,33,37)(H,34,38)/t16-,17-/m0/s1. The van der Waals surface area contributed by atoms with Gasteiger partial charge in [-0.15, -0.1) is 0 Å². The smallest absolute Gasteiger partial charge is 0.410 e. The second-order valence-corrected chi connectivity index (χ2v) is 9.67. The van der Waals surface area contributed by atoms with Crippen LogP contribution in [0.15, 0.2) is 30.3 Å². The van der Waals surface area contributed by atoms with Crippen molar-refractivity contribution in [1.29, 1.82) is 0 Å². The van der Waals surface area contributed by atoms with E-state index in [1.165, 1.54) is 4.90 Å². The maximum Gasteiger partial charge on any atom is 0.410 e. The number of esters is 1. The largest absolute Gasteiger partial charge is 0.445 e. The Labute approximate surface area is 232 Å². The Hall–Kier alpha value is -4.23. The van der Waals surface area contributed by atoms with Crippen LogP contribution in [0.2, 0.25) is 0 Å². The molecule has 0 radical (unpaired) electrons. The lowest BCUT2D eigenvalue weighted by atomic mass is 10.0. The van der Waals surface area contributed by atoms with Crippen molar-refractivity contribution in [1.82, 2.24) is 15.5 Å². The first kappa shape index (κ1) is 31.3. The van der Waals surface area contributed by atoms with Gasteiger partial charge in [0.25, 0.3) is 0 Å². The zero-order valence-electron chi connectivity index (χ0n) is 22.1. The zero-order chi connectivity index (χ0) is 30.3. The molecule has 1 aliphatic heterocycles. The summed E-state index contributed by atoms with van der Waals surface area (Å²) in [5.41, 5.74) is 0.758. The Morgan fingerprint density at radius 2 is 1.56 bits per heavy atom. The average molecular weight is 586 g/mol. The van der Waals surface area contributed by atoms with Crippen LogP contribution in [-0.2, 0) is 25.7 Å². The van der Waals surface area contributed by atoms with E-state index in [2.05, 4.69) is 15.4 Å². The molecule has 0 spiro atoms. The fourth-order valence-electron chi connectivity index (χ4n) is 4.14. The van der Waals surface area contributed by atoms with Crippen LogP contribution in [0.1, 0.15) is 38.7 Å². The van der Waals surface area contributed by atoms with Gasteiger partial charge >= 0.3 is 12.1 Å². The second kappa shape index (κ2) is 13.9. The van der Waals surface area contributed by atoms with Crippen molar-refractivity contribution in [3.8, 4) is 5.75 Å². The molecule has 0 aromatic heterocycles. The number of ether oxygens (including phenoxy) is 2. The second-order valence-electron chi connectivity index (χ2n) is 9.67. The zero-order valence-corrected chi connectivity index (χ0v) is 22.1. The summed E-state index contributed by atoms with van der Waals surface area (Å²) < 4.78 is 77.0. The summed E-state index contributed by atoms with van der Waals surface area (Å²) in [7, 11) is 0. The third-order valence-corrected chi connectivity index (χ3v) is 6.13. The Morgan fingerprint density at radius 1 is 0.951 bits per heavy atom. The van der Waals surface area contributed by atoms with Crippen molar-refractivity contribution in [2.45, 2.75) is 51.8 Å². The highest BCUT2D eigenvalue weighted by Crippen LogP contribution is 2.29. The molecule has 2 atom stereocenters. The molecule has 1 fully saturated rings. The topological polar surface area (TPSA) is 114 Å². The summed E-state index contributed by atoms with van der Waals surface area (Å²) in [5.74, 6) is -16.7. The minimum Gasteiger partial charge on any atom is -0.445 e. The number of nitrogens with one attached hydrogen (secondary N) is 2. The number of nitrogens with zero attached hydrogens (tertiary/aromatic N) is 1.